The second kappa shape index (κ2) is 8.27. The summed E-state index contributed by atoms with van der Waals surface area (Å²) in [6, 6.07) is 11.9. The largest absolute Gasteiger partial charge is 0.511 e. The molecule has 0 bridgehead atoms. The minimum atomic E-state index is -4.42. The first-order chi connectivity index (χ1) is 12.7. The molecule has 2 rings (SSSR count). The number of rotatable bonds is 5. The van der Waals surface area contributed by atoms with E-state index in [1.165, 1.54) is 36.4 Å². The normalized spacial score (nSPS) is 12.0. The van der Waals surface area contributed by atoms with Gasteiger partial charge in [0.05, 0.1) is 5.56 Å². The zero-order valence-electron chi connectivity index (χ0n) is 14.2. The summed E-state index contributed by atoms with van der Waals surface area (Å²) < 4.78 is 43.1. The van der Waals surface area contributed by atoms with E-state index >= 15 is 0 Å². The van der Waals surface area contributed by atoms with Crippen molar-refractivity contribution in [3.05, 3.63) is 65.4 Å². The molecule has 0 radical (unpaired) electrons. The van der Waals surface area contributed by atoms with E-state index in [9.17, 15) is 23.1 Å². The van der Waals surface area contributed by atoms with Crippen molar-refractivity contribution in [3.63, 3.8) is 0 Å². The number of aliphatic hydroxyl groups excluding tert-OH is 1. The Kier molecular flexibility index (Phi) is 6.08. The molecule has 1 amide bonds. The summed E-state index contributed by atoms with van der Waals surface area (Å²) in [6.45, 7) is 1.60. The van der Waals surface area contributed by atoms with Gasteiger partial charge in [-0.05, 0) is 48.5 Å². The van der Waals surface area contributed by atoms with Crippen LogP contribution < -0.4 is 10.1 Å². The quantitative estimate of drug-likeness (QED) is 0.428. The van der Waals surface area contributed by atoms with Crippen molar-refractivity contribution >= 4 is 11.6 Å². The second-order valence-electron chi connectivity index (χ2n) is 5.39. The highest BCUT2D eigenvalue weighted by Crippen LogP contribution is 2.31. The van der Waals surface area contributed by atoms with Crippen molar-refractivity contribution in [1.82, 2.24) is 0 Å². The summed E-state index contributed by atoms with van der Waals surface area (Å²) >= 11 is 0. The van der Waals surface area contributed by atoms with Crippen molar-refractivity contribution in [3.8, 4) is 17.6 Å². The zero-order chi connectivity index (χ0) is 20.0. The van der Waals surface area contributed by atoms with Gasteiger partial charge in [-0.25, -0.2) is 0 Å². The molecule has 0 saturated carbocycles. The first-order valence-corrected chi connectivity index (χ1v) is 7.83. The lowest BCUT2D eigenvalue weighted by molar-refractivity contribution is -0.137. The Balaban J connectivity index is 2.05. The van der Waals surface area contributed by atoms with E-state index in [0.29, 0.717) is 11.4 Å². The summed E-state index contributed by atoms with van der Waals surface area (Å²) in [5.41, 5.74) is -0.788. The molecule has 27 heavy (non-hydrogen) atoms. The number of allylic oxidation sites excluding steroid dienone is 1. The third kappa shape index (κ3) is 5.25. The topological polar surface area (TPSA) is 82.3 Å². The fourth-order valence-electron chi connectivity index (χ4n) is 2.07. The summed E-state index contributed by atoms with van der Waals surface area (Å²) in [6.07, 6.45) is -4.27. The van der Waals surface area contributed by atoms with E-state index in [0.717, 1.165) is 12.1 Å². The SMILES string of the molecule is CCC(O)=C(C#N)C(=O)Nc1ccc(Oc2ccc(C(F)(F)F)cc2)cc1. The van der Waals surface area contributed by atoms with Crippen LogP contribution in [0.2, 0.25) is 0 Å². The average molecular weight is 376 g/mol. The zero-order valence-corrected chi connectivity index (χ0v) is 14.2. The average Bonchev–Trinajstić information content (AvgIpc) is 2.63. The maximum absolute atomic E-state index is 12.5. The van der Waals surface area contributed by atoms with Crippen LogP contribution in [0.5, 0.6) is 11.5 Å². The van der Waals surface area contributed by atoms with Crippen LogP contribution in [-0.2, 0) is 11.0 Å². The van der Waals surface area contributed by atoms with Gasteiger partial charge in [0.1, 0.15) is 23.3 Å². The number of amides is 1. The lowest BCUT2D eigenvalue weighted by Crippen LogP contribution is -2.15. The van der Waals surface area contributed by atoms with E-state index < -0.39 is 17.6 Å². The smallest absolute Gasteiger partial charge is 0.416 e. The number of nitriles is 1. The summed E-state index contributed by atoms with van der Waals surface area (Å²) in [4.78, 5) is 12.0. The first kappa shape index (κ1) is 19.8. The molecule has 0 atom stereocenters. The van der Waals surface area contributed by atoms with Gasteiger partial charge in [0.25, 0.3) is 5.91 Å². The standard InChI is InChI=1S/C19H15F3N2O3/c1-2-17(25)16(11-23)18(26)24-13-5-9-15(10-6-13)27-14-7-3-12(4-8-14)19(20,21)22/h3-10,25H,2H2,1H3,(H,24,26). The molecule has 0 aliphatic rings. The van der Waals surface area contributed by atoms with Crippen LogP contribution in [0.15, 0.2) is 59.9 Å². The van der Waals surface area contributed by atoms with E-state index in [4.69, 9.17) is 10.00 Å². The Morgan fingerprint density at radius 1 is 1.11 bits per heavy atom. The molecule has 140 valence electrons. The van der Waals surface area contributed by atoms with Gasteiger partial charge >= 0.3 is 6.18 Å². The predicted octanol–water partition coefficient (Wildman–Crippen LogP) is 5.18. The molecule has 0 aromatic heterocycles. The number of carbonyl (C=O) groups excluding carboxylic acids is 1. The second-order valence-corrected chi connectivity index (χ2v) is 5.39. The van der Waals surface area contributed by atoms with Crippen molar-refractivity contribution < 1.29 is 27.8 Å². The number of nitrogens with one attached hydrogen (secondary N) is 1. The highest BCUT2D eigenvalue weighted by Gasteiger charge is 2.30. The molecule has 0 aliphatic heterocycles. The maximum atomic E-state index is 12.5. The predicted molar refractivity (Wildman–Crippen MR) is 92.1 cm³/mol. The maximum Gasteiger partial charge on any atom is 0.416 e. The number of halogens is 3. The van der Waals surface area contributed by atoms with Crippen LogP contribution in [0.3, 0.4) is 0 Å². The van der Waals surface area contributed by atoms with Crippen LogP contribution in [0.4, 0.5) is 18.9 Å². The highest BCUT2D eigenvalue weighted by molar-refractivity contribution is 6.06. The summed E-state index contributed by atoms with van der Waals surface area (Å²) in [7, 11) is 0. The molecule has 2 aromatic carbocycles. The van der Waals surface area contributed by atoms with Gasteiger partial charge < -0.3 is 15.2 Å². The van der Waals surface area contributed by atoms with Gasteiger partial charge in [0.2, 0.25) is 0 Å². The van der Waals surface area contributed by atoms with E-state index in [1.807, 2.05) is 0 Å². The van der Waals surface area contributed by atoms with Gasteiger partial charge in [-0.3, -0.25) is 4.79 Å². The number of anilines is 1. The van der Waals surface area contributed by atoms with E-state index in [-0.39, 0.29) is 23.5 Å². The Bertz CT molecular complexity index is 880. The fourth-order valence-corrected chi connectivity index (χ4v) is 2.07. The minimum Gasteiger partial charge on any atom is -0.511 e. The molecule has 2 aromatic rings. The number of aliphatic hydroxyl groups is 1. The van der Waals surface area contributed by atoms with Crippen molar-refractivity contribution in [2.75, 3.05) is 5.32 Å². The number of benzene rings is 2. The Morgan fingerprint density at radius 3 is 2.07 bits per heavy atom. The Labute approximate surface area is 153 Å². The van der Waals surface area contributed by atoms with Crippen LogP contribution in [0.25, 0.3) is 0 Å². The number of hydrogen-bond donors (Lipinski definition) is 2. The molecule has 0 spiro atoms. The monoisotopic (exact) mass is 376 g/mol. The van der Waals surface area contributed by atoms with Gasteiger partial charge in [0, 0.05) is 12.1 Å². The van der Waals surface area contributed by atoms with Gasteiger partial charge in [0.15, 0.2) is 5.57 Å². The summed E-state index contributed by atoms with van der Waals surface area (Å²) in [5.74, 6) is -0.479. The first-order valence-electron chi connectivity index (χ1n) is 7.83. The molecule has 0 aliphatic carbocycles. The lowest BCUT2D eigenvalue weighted by Gasteiger charge is -2.10. The molecule has 0 heterocycles. The minimum absolute atomic E-state index is 0.149. The van der Waals surface area contributed by atoms with Gasteiger partial charge in [-0.2, -0.15) is 18.4 Å². The molecular formula is C19H15F3N2O3. The highest BCUT2D eigenvalue weighted by atomic mass is 19.4. The fraction of sp³-hybridized carbons (Fsp3) is 0.158. The third-order valence-electron chi connectivity index (χ3n) is 3.49. The lowest BCUT2D eigenvalue weighted by atomic mass is 10.2. The number of nitrogens with zero attached hydrogens (tertiary/aromatic N) is 1. The van der Waals surface area contributed by atoms with E-state index in [2.05, 4.69) is 5.32 Å². The number of ether oxygens (including phenoxy) is 1. The van der Waals surface area contributed by atoms with Crippen LogP contribution in [0, 0.1) is 11.3 Å². The van der Waals surface area contributed by atoms with Crippen LogP contribution >= 0.6 is 0 Å². The number of carbonyl (C=O) groups is 1. The van der Waals surface area contributed by atoms with E-state index in [1.54, 1.807) is 13.0 Å². The molecule has 0 fully saturated rings. The van der Waals surface area contributed by atoms with Crippen LogP contribution in [-0.4, -0.2) is 11.0 Å². The third-order valence-corrected chi connectivity index (χ3v) is 3.49. The molecular weight excluding hydrogens is 361 g/mol. The Hall–Kier alpha value is -3.47. The van der Waals surface area contributed by atoms with Crippen molar-refractivity contribution in [2.24, 2.45) is 0 Å². The molecule has 0 saturated heterocycles. The van der Waals surface area contributed by atoms with Crippen molar-refractivity contribution in [2.45, 2.75) is 19.5 Å². The number of alkyl halides is 3. The van der Waals surface area contributed by atoms with Crippen molar-refractivity contribution in [1.29, 1.82) is 5.26 Å². The molecule has 5 nitrogen and oxygen atoms in total. The molecule has 0 unspecified atom stereocenters. The molecule has 2 N–H and O–H groups in total. The van der Waals surface area contributed by atoms with Gasteiger partial charge in [-0.1, -0.05) is 6.92 Å². The van der Waals surface area contributed by atoms with Crippen LogP contribution in [0.1, 0.15) is 18.9 Å². The Morgan fingerprint density at radius 2 is 1.63 bits per heavy atom. The summed E-state index contributed by atoms with van der Waals surface area (Å²) in [5, 5.41) is 20.9. The molecule has 8 heteroatoms. The van der Waals surface area contributed by atoms with Gasteiger partial charge in [-0.15, -0.1) is 0 Å². The number of hydrogen-bond acceptors (Lipinski definition) is 4.